The maximum absolute atomic E-state index is 13.3. The molecule has 2 heterocycles. The highest BCUT2D eigenvalue weighted by Gasteiger charge is 2.39. The molecule has 0 radical (unpaired) electrons. The molecule has 2 amide bonds. The van der Waals surface area contributed by atoms with Crippen molar-refractivity contribution in [3.63, 3.8) is 0 Å². The lowest BCUT2D eigenvalue weighted by Gasteiger charge is -2.50. The number of halogens is 1. The summed E-state index contributed by atoms with van der Waals surface area (Å²) in [5.74, 6) is -0.349. The van der Waals surface area contributed by atoms with Crippen molar-refractivity contribution in [1.29, 1.82) is 0 Å². The molecular weight excluding hydrogens is 319 g/mol. The normalized spacial score (nSPS) is 21.7. The molecule has 0 aromatic heterocycles. The quantitative estimate of drug-likeness (QED) is 0.880. The van der Waals surface area contributed by atoms with Gasteiger partial charge in [0.1, 0.15) is 5.82 Å². The number of carbonyl (C=O) groups is 1. The molecule has 0 saturated carbocycles. The molecule has 2 fully saturated rings. The van der Waals surface area contributed by atoms with Gasteiger partial charge in [-0.2, -0.15) is 0 Å². The van der Waals surface area contributed by atoms with E-state index in [1.54, 1.807) is 12.1 Å². The predicted octanol–water partition coefficient (Wildman–Crippen LogP) is 2.90. The second-order valence-corrected chi connectivity index (χ2v) is 7.39. The molecule has 0 spiro atoms. The molecule has 1 aromatic rings. The minimum atomic E-state index is -0.349. The van der Waals surface area contributed by atoms with Crippen molar-refractivity contribution >= 4 is 11.7 Å². The van der Waals surface area contributed by atoms with E-state index >= 15 is 0 Å². The zero-order valence-electron chi connectivity index (χ0n) is 15.1. The fourth-order valence-corrected chi connectivity index (χ4v) is 3.99. The average Bonchev–Trinajstić information content (AvgIpc) is 2.62. The fourth-order valence-electron chi connectivity index (χ4n) is 3.99. The van der Waals surface area contributed by atoms with Crippen LogP contribution in [0.3, 0.4) is 0 Å². The first kappa shape index (κ1) is 18.1. The van der Waals surface area contributed by atoms with Gasteiger partial charge in [-0.15, -0.1) is 0 Å². The van der Waals surface area contributed by atoms with E-state index < -0.39 is 0 Å². The molecule has 5 nitrogen and oxygen atoms in total. The molecule has 0 atom stereocenters. The third-order valence-corrected chi connectivity index (χ3v) is 5.61. The lowest BCUT2D eigenvalue weighted by molar-refractivity contribution is 0.0165. The van der Waals surface area contributed by atoms with Crippen LogP contribution in [0.4, 0.5) is 14.9 Å². The van der Waals surface area contributed by atoms with E-state index in [0.29, 0.717) is 12.2 Å². The Kier molecular flexibility index (Phi) is 5.91. The summed E-state index contributed by atoms with van der Waals surface area (Å²) in [6.45, 7) is 5.00. The van der Waals surface area contributed by atoms with Gasteiger partial charge >= 0.3 is 6.03 Å². The zero-order chi connectivity index (χ0) is 17.7. The van der Waals surface area contributed by atoms with Gasteiger partial charge in [-0.05, 0) is 77.1 Å². The van der Waals surface area contributed by atoms with E-state index in [1.807, 2.05) is 0 Å². The lowest BCUT2D eigenvalue weighted by Crippen LogP contribution is -2.61. The Morgan fingerprint density at radius 2 is 1.88 bits per heavy atom. The Bertz CT molecular complexity index is 581. The van der Waals surface area contributed by atoms with Crippen LogP contribution in [0, 0.1) is 5.82 Å². The van der Waals surface area contributed by atoms with Crippen molar-refractivity contribution < 1.29 is 9.18 Å². The molecule has 0 unspecified atom stereocenters. The third-order valence-electron chi connectivity index (χ3n) is 5.61. The Balaban J connectivity index is 1.61. The van der Waals surface area contributed by atoms with E-state index in [-0.39, 0.29) is 17.4 Å². The van der Waals surface area contributed by atoms with Crippen molar-refractivity contribution in [1.82, 2.24) is 15.1 Å². The second kappa shape index (κ2) is 8.15. The molecule has 1 aromatic carbocycles. The van der Waals surface area contributed by atoms with E-state index in [2.05, 4.69) is 27.5 Å². The number of rotatable bonds is 4. The largest absolute Gasteiger partial charge is 0.336 e. The average molecular weight is 348 g/mol. The van der Waals surface area contributed by atoms with Gasteiger partial charge in [0.05, 0.1) is 0 Å². The van der Waals surface area contributed by atoms with Crippen LogP contribution in [-0.4, -0.2) is 61.1 Å². The SMILES string of the molecule is CN1CCC(CNC(=O)Nc2cccc(F)c2)(N2CCCCC2)CC1. The highest BCUT2D eigenvalue weighted by atomic mass is 19.1. The first-order valence-corrected chi connectivity index (χ1v) is 9.31. The number of nitrogens with one attached hydrogen (secondary N) is 2. The predicted molar refractivity (Wildman–Crippen MR) is 98.3 cm³/mol. The highest BCUT2D eigenvalue weighted by molar-refractivity contribution is 5.89. The molecule has 25 heavy (non-hydrogen) atoms. The molecule has 2 aliphatic heterocycles. The number of urea groups is 1. The van der Waals surface area contributed by atoms with Gasteiger partial charge in [0.2, 0.25) is 0 Å². The first-order valence-electron chi connectivity index (χ1n) is 9.31. The molecule has 6 heteroatoms. The number of likely N-dealkylation sites (tertiary alicyclic amines) is 2. The van der Waals surface area contributed by atoms with Crippen LogP contribution < -0.4 is 10.6 Å². The van der Waals surface area contributed by atoms with E-state index in [4.69, 9.17) is 0 Å². The molecule has 2 aliphatic rings. The summed E-state index contributed by atoms with van der Waals surface area (Å²) in [5.41, 5.74) is 0.527. The summed E-state index contributed by atoms with van der Waals surface area (Å²) in [6, 6.07) is 5.72. The van der Waals surface area contributed by atoms with Crippen LogP contribution in [0.1, 0.15) is 32.1 Å². The van der Waals surface area contributed by atoms with Crippen molar-refractivity contribution in [2.75, 3.05) is 45.1 Å². The van der Waals surface area contributed by atoms with E-state index in [1.165, 1.54) is 31.4 Å². The zero-order valence-corrected chi connectivity index (χ0v) is 15.1. The molecule has 2 saturated heterocycles. The number of anilines is 1. The van der Waals surface area contributed by atoms with E-state index in [0.717, 1.165) is 39.0 Å². The van der Waals surface area contributed by atoms with E-state index in [9.17, 15) is 9.18 Å². The Morgan fingerprint density at radius 1 is 1.16 bits per heavy atom. The van der Waals surface area contributed by atoms with Crippen molar-refractivity contribution in [2.45, 2.75) is 37.6 Å². The second-order valence-electron chi connectivity index (χ2n) is 7.39. The number of carbonyl (C=O) groups excluding carboxylic acids is 1. The van der Waals surface area contributed by atoms with Crippen LogP contribution in [0.5, 0.6) is 0 Å². The Labute approximate surface area is 149 Å². The summed E-state index contributed by atoms with van der Waals surface area (Å²) >= 11 is 0. The third kappa shape index (κ3) is 4.70. The molecule has 0 aliphatic carbocycles. The van der Waals surface area contributed by atoms with Gasteiger partial charge in [-0.1, -0.05) is 12.5 Å². The molecule has 3 rings (SSSR count). The van der Waals surface area contributed by atoms with Crippen molar-refractivity contribution in [3.05, 3.63) is 30.1 Å². The number of benzene rings is 1. The molecular formula is C19H29FN4O. The van der Waals surface area contributed by atoms with Gasteiger partial charge in [0, 0.05) is 17.8 Å². The number of nitrogens with zero attached hydrogens (tertiary/aromatic N) is 2. The minimum absolute atomic E-state index is 0.0478. The van der Waals surface area contributed by atoms with Crippen molar-refractivity contribution in [2.24, 2.45) is 0 Å². The van der Waals surface area contributed by atoms with Crippen LogP contribution in [0.25, 0.3) is 0 Å². The number of amides is 2. The molecule has 0 bridgehead atoms. The standard InChI is InChI=1S/C19H29FN4O/c1-23-12-8-19(9-13-23,24-10-3-2-4-11-24)15-21-18(25)22-17-7-5-6-16(20)14-17/h5-7,14H,2-4,8-13,15H2,1H3,(H2,21,22,25). The summed E-state index contributed by atoms with van der Waals surface area (Å²) in [7, 11) is 2.16. The number of piperidine rings is 2. The van der Waals surface area contributed by atoms with Crippen LogP contribution in [0.15, 0.2) is 24.3 Å². The van der Waals surface area contributed by atoms with Gasteiger partial charge < -0.3 is 15.5 Å². The molecule has 138 valence electrons. The minimum Gasteiger partial charge on any atom is -0.336 e. The monoisotopic (exact) mass is 348 g/mol. The summed E-state index contributed by atoms with van der Waals surface area (Å²) < 4.78 is 13.3. The smallest absolute Gasteiger partial charge is 0.319 e. The Morgan fingerprint density at radius 3 is 2.56 bits per heavy atom. The highest BCUT2D eigenvalue weighted by Crippen LogP contribution is 2.30. The van der Waals surface area contributed by atoms with Gasteiger partial charge in [0.25, 0.3) is 0 Å². The van der Waals surface area contributed by atoms with Gasteiger partial charge in [-0.3, -0.25) is 4.90 Å². The number of hydrogen-bond acceptors (Lipinski definition) is 3. The first-order chi connectivity index (χ1) is 12.1. The topological polar surface area (TPSA) is 47.6 Å². The number of hydrogen-bond donors (Lipinski definition) is 2. The fraction of sp³-hybridized carbons (Fsp3) is 0.632. The maximum Gasteiger partial charge on any atom is 0.319 e. The summed E-state index contributed by atoms with van der Waals surface area (Å²) in [6.07, 6.45) is 5.94. The maximum atomic E-state index is 13.3. The van der Waals surface area contributed by atoms with Crippen LogP contribution in [-0.2, 0) is 0 Å². The molecule has 2 N–H and O–H groups in total. The summed E-state index contributed by atoms with van der Waals surface area (Å²) in [5, 5.41) is 5.77. The van der Waals surface area contributed by atoms with Gasteiger partial charge in [-0.25, -0.2) is 9.18 Å². The summed E-state index contributed by atoms with van der Waals surface area (Å²) in [4.78, 5) is 17.2. The lowest BCUT2D eigenvalue weighted by atomic mass is 9.84. The van der Waals surface area contributed by atoms with Crippen LogP contribution in [0.2, 0.25) is 0 Å². The Hall–Kier alpha value is -1.66. The van der Waals surface area contributed by atoms with Gasteiger partial charge in [0.15, 0.2) is 0 Å². The van der Waals surface area contributed by atoms with Crippen molar-refractivity contribution in [3.8, 4) is 0 Å². The van der Waals surface area contributed by atoms with Crippen LogP contribution >= 0.6 is 0 Å².